The highest BCUT2D eigenvalue weighted by molar-refractivity contribution is 7.99. The molecule has 0 N–H and O–H groups in total. The van der Waals surface area contributed by atoms with Gasteiger partial charge in [-0.1, -0.05) is 26.7 Å². The minimum Gasteiger partial charge on any atom is -0.466 e. The second-order valence-corrected chi connectivity index (χ2v) is 8.48. The molecular weight excluding hydrogens is 356 g/mol. The van der Waals surface area contributed by atoms with Gasteiger partial charge in [-0.3, -0.25) is 4.79 Å². The molecule has 4 heteroatoms. The minimum atomic E-state index is -0.283. The predicted octanol–water partition coefficient (Wildman–Crippen LogP) is 5.12. The van der Waals surface area contributed by atoms with Crippen molar-refractivity contribution < 1.29 is 13.9 Å². The average Bonchev–Trinajstić information content (AvgIpc) is 3.06. The summed E-state index contributed by atoms with van der Waals surface area (Å²) in [7, 11) is 0. The van der Waals surface area contributed by atoms with E-state index in [1.165, 1.54) is 28.2 Å². The number of fused-ring (bicyclic) bond motifs is 1. The Kier molecular flexibility index (Phi) is 6.01. The van der Waals surface area contributed by atoms with Gasteiger partial charge >= 0.3 is 5.97 Å². The predicted molar refractivity (Wildman–Crippen MR) is 109 cm³/mol. The number of ether oxygens (including phenoxy) is 1. The molecule has 3 nitrogen and oxygen atoms in total. The standard InChI is InChI=1S/C23H26O3S/c1-5-16-14-21-20(23(3,4)11-12-27-21)13-17(16)7-8-18-9-10-19(26-18)15-22(24)25-6-2/h9-10,13-14H,5-6,11-12,15H2,1-4H3. The van der Waals surface area contributed by atoms with Crippen LogP contribution in [0.25, 0.3) is 0 Å². The van der Waals surface area contributed by atoms with Crippen molar-refractivity contribution >= 4 is 17.7 Å². The van der Waals surface area contributed by atoms with Crippen LogP contribution in [0.3, 0.4) is 0 Å². The van der Waals surface area contributed by atoms with E-state index in [-0.39, 0.29) is 17.8 Å². The first-order valence-corrected chi connectivity index (χ1v) is 10.5. The molecule has 0 amide bonds. The third kappa shape index (κ3) is 4.59. The van der Waals surface area contributed by atoms with Gasteiger partial charge < -0.3 is 9.15 Å². The maximum absolute atomic E-state index is 11.6. The fourth-order valence-electron chi connectivity index (χ4n) is 3.25. The van der Waals surface area contributed by atoms with Crippen molar-refractivity contribution in [2.45, 2.75) is 57.3 Å². The molecular formula is C23H26O3S. The van der Waals surface area contributed by atoms with Crippen LogP contribution in [0.2, 0.25) is 0 Å². The van der Waals surface area contributed by atoms with Crippen LogP contribution in [0, 0.1) is 11.8 Å². The molecule has 2 aromatic rings. The molecule has 0 aliphatic carbocycles. The maximum atomic E-state index is 11.6. The van der Waals surface area contributed by atoms with Crippen molar-refractivity contribution in [3.63, 3.8) is 0 Å². The Balaban J connectivity index is 1.86. The van der Waals surface area contributed by atoms with Gasteiger partial charge in [0, 0.05) is 10.5 Å². The molecule has 0 radical (unpaired) electrons. The van der Waals surface area contributed by atoms with Crippen LogP contribution in [-0.4, -0.2) is 18.3 Å². The normalized spacial score (nSPS) is 14.8. The fraction of sp³-hybridized carbons (Fsp3) is 0.435. The van der Waals surface area contributed by atoms with E-state index >= 15 is 0 Å². The third-order valence-corrected chi connectivity index (χ3v) is 5.96. The summed E-state index contributed by atoms with van der Waals surface area (Å²) in [6.07, 6.45) is 2.27. The van der Waals surface area contributed by atoms with Crippen molar-refractivity contribution in [2.24, 2.45) is 0 Å². The van der Waals surface area contributed by atoms with Gasteiger partial charge in [0.15, 0.2) is 5.76 Å². The quantitative estimate of drug-likeness (QED) is 0.543. The molecule has 0 atom stereocenters. The van der Waals surface area contributed by atoms with E-state index in [2.05, 4.69) is 44.7 Å². The van der Waals surface area contributed by atoms with Gasteiger partial charge in [0.05, 0.1) is 6.61 Å². The topological polar surface area (TPSA) is 39.4 Å². The third-order valence-electron chi connectivity index (χ3n) is 4.91. The van der Waals surface area contributed by atoms with Gasteiger partial charge in [-0.05, 0) is 72.2 Å². The molecule has 27 heavy (non-hydrogen) atoms. The van der Waals surface area contributed by atoms with Crippen LogP contribution >= 0.6 is 11.8 Å². The second-order valence-electron chi connectivity index (χ2n) is 7.34. The Morgan fingerprint density at radius 3 is 2.81 bits per heavy atom. The van der Waals surface area contributed by atoms with Crippen molar-refractivity contribution in [3.05, 3.63) is 52.5 Å². The van der Waals surface area contributed by atoms with Gasteiger partial charge in [-0.2, -0.15) is 0 Å². The number of furan rings is 1. The van der Waals surface area contributed by atoms with E-state index in [0.717, 1.165) is 12.0 Å². The van der Waals surface area contributed by atoms with E-state index in [1.807, 2.05) is 17.8 Å². The Morgan fingerprint density at radius 2 is 2.07 bits per heavy atom. The van der Waals surface area contributed by atoms with Crippen LogP contribution in [0.1, 0.15) is 62.3 Å². The number of carbonyl (C=O) groups excluding carboxylic acids is 1. The number of aryl methyl sites for hydroxylation is 1. The largest absolute Gasteiger partial charge is 0.466 e. The highest BCUT2D eigenvalue weighted by atomic mass is 32.2. The van der Waals surface area contributed by atoms with Crippen LogP contribution in [0.5, 0.6) is 0 Å². The molecule has 0 bridgehead atoms. The van der Waals surface area contributed by atoms with E-state index in [0.29, 0.717) is 18.1 Å². The van der Waals surface area contributed by atoms with Crippen LogP contribution < -0.4 is 0 Å². The first kappa shape index (κ1) is 19.6. The Morgan fingerprint density at radius 1 is 1.26 bits per heavy atom. The monoisotopic (exact) mass is 382 g/mol. The van der Waals surface area contributed by atoms with Crippen molar-refractivity contribution in [3.8, 4) is 11.8 Å². The lowest BCUT2D eigenvalue weighted by atomic mass is 9.80. The van der Waals surface area contributed by atoms with Gasteiger partial charge in [0.1, 0.15) is 12.2 Å². The molecule has 1 aromatic carbocycles. The zero-order valence-electron chi connectivity index (χ0n) is 16.5. The molecule has 1 aliphatic heterocycles. The van der Waals surface area contributed by atoms with Crippen LogP contribution in [-0.2, 0) is 27.8 Å². The van der Waals surface area contributed by atoms with Crippen molar-refractivity contribution in [1.29, 1.82) is 0 Å². The summed E-state index contributed by atoms with van der Waals surface area (Å²) in [6, 6.07) is 8.16. The molecule has 1 aromatic heterocycles. The highest BCUT2D eigenvalue weighted by Gasteiger charge is 2.28. The molecule has 3 rings (SSSR count). The zero-order valence-corrected chi connectivity index (χ0v) is 17.3. The molecule has 1 aliphatic rings. The molecule has 0 spiro atoms. The van der Waals surface area contributed by atoms with Gasteiger partial charge in [0.2, 0.25) is 0 Å². The van der Waals surface area contributed by atoms with Gasteiger partial charge in [-0.25, -0.2) is 0 Å². The zero-order chi connectivity index (χ0) is 19.4. The lowest BCUT2D eigenvalue weighted by molar-refractivity contribution is -0.142. The van der Waals surface area contributed by atoms with Crippen LogP contribution in [0.15, 0.2) is 33.6 Å². The summed E-state index contributed by atoms with van der Waals surface area (Å²) >= 11 is 1.95. The smallest absolute Gasteiger partial charge is 0.313 e. The molecule has 2 heterocycles. The van der Waals surface area contributed by atoms with Crippen molar-refractivity contribution in [1.82, 2.24) is 0 Å². The van der Waals surface area contributed by atoms with E-state index in [9.17, 15) is 4.79 Å². The first-order chi connectivity index (χ1) is 12.9. The van der Waals surface area contributed by atoms with Crippen molar-refractivity contribution in [2.75, 3.05) is 12.4 Å². The first-order valence-electron chi connectivity index (χ1n) is 9.49. The van der Waals surface area contributed by atoms with Gasteiger partial charge in [-0.15, -0.1) is 11.8 Å². The summed E-state index contributed by atoms with van der Waals surface area (Å²) in [6.45, 7) is 8.95. The lowest BCUT2D eigenvalue weighted by Crippen LogP contribution is -2.23. The SMILES string of the molecule is CCOC(=O)Cc1ccc(C#Cc2cc3c(cc2CC)SCCC3(C)C)o1. The number of rotatable bonds is 4. The Hall–Kier alpha value is -2.12. The molecule has 0 saturated carbocycles. The summed E-state index contributed by atoms with van der Waals surface area (Å²) in [5.74, 6) is 8.45. The Bertz CT molecular complexity index is 896. The molecule has 0 fully saturated rings. The average molecular weight is 383 g/mol. The number of hydrogen-bond acceptors (Lipinski definition) is 4. The number of benzene rings is 1. The van der Waals surface area contributed by atoms with E-state index in [1.54, 1.807) is 13.0 Å². The van der Waals surface area contributed by atoms with E-state index in [4.69, 9.17) is 9.15 Å². The number of carbonyl (C=O) groups is 1. The minimum absolute atomic E-state index is 0.139. The molecule has 0 saturated heterocycles. The maximum Gasteiger partial charge on any atom is 0.313 e. The lowest BCUT2D eigenvalue weighted by Gasteiger charge is -2.32. The number of esters is 1. The fourth-order valence-corrected chi connectivity index (χ4v) is 4.80. The summed E-state index contributed by atoms with van der Waals surface area (Å²) < 4.78 is 10.6. The number of thioether (sulfide) groups is 1. The Labute approximate surface area is 165 Å². The summed E-state index contributed by atoms with van der Waals surface area (Å²) in [4.78, 5) is 13.0. The highest BCUT2D eigenvalue weighted by Crippen LogP contribution is 2.42. The molecule has 142 valence electrons. The van der Waals surface area contributed by atoms with E-state index < -0.39 is 0 Å². The number of hydrogen-bond donors (Lipinski definition) is 0. The molecule has 0 unspecified atom stereocenters. The van der Waals surface area contributed by atoms with Crippen LogP contribution in [0.4, 0.5) is 0 Å². The van der Waals surface area contributed by atoms with Gasteiger partial charge in [0.25, 0.3) is 0 Å². The summed E-state index contributed by atoms with van der Waals surface area (Å²) in [5.41, 5.74) is 3.91. The summed E-state index contributed by atoms with van der Waals surface area (Å²) in [5, 5.41) is 0. The second kappa shape index (κ2) is 8.27.